The molecular formula is C26H30ClN3O4. The van der Waals surface area contributed by atoms with Crippen molar-refractivity contribution in [3.63, 3.8) is 0 Å². The van der Waals surface area contributed by atoms with Crippen LogP contribution in [0.4, 0.5) is 5.69 Å². The van der Waals surface area contributed by atoms with Crippen LogP contribution >= 0.6 is 11.6 Å². The van der Waals surface area contributed by atoms with E-state index in [4.69, 9.17) is 26.3 Å². The van der Waals surface area contributed by atoms with Crippen LogP contribution in [-0.4, -0.2) is 61.9 Å². The number of hydrogen-bond donors (Lipinski definition) is 1. The van der Waals surface area contributed by atoms with E-state index in [2.05, 4.69) is 15.9 Å². The largest absolute Gasteiger partial charge is 0.495 e. The number of piperidine rings is 2. The molecule has 0 atom stereocenters. The molecule has 0 unspecified atom stereocenters. The summed E-state index contributed by atoms with van der Waals surface area (Å²) in [6.07, 6.45) is 4.12. The molecule has 0 spiro atoms. The van der Waals surface area contributed by atoms with Crippen LogP contribution in [-0.2, 0) is 0 Å². The van der Waals surface area contributed by atoms with E-state index in [1.54, 1.807) is 31.4 Å². The SMILES string of the molecule is COc1cccc(C(=O)O)c1N1CCC(CN2CCC(Oc3ccc(C#N)c(Cl)c3)CC2)CC1. The van der Waals surface area contributed by atoms with E-state index in [1.807, 2.05) is 12.1 Å². The number of methoxy groups -OCH3 is 1. The minimum absolute atomic E-state index is 0.155. The predicted molar refractivity (Wildman–Crippen MR) is 131 cm³/mol. The first-order chi connectivity index (χ1) is 16.5. The standard InChI is InChI=1S/C26H30ClN3O4/c1-33-24-4-2-3-22(26(31)32)25(24)30-13-7-18(8-14-30)17-29-11-9-20(10-12-29)34-21-6-5-19(16-28)23(27)15-21/h2-6,15,18,20H,7-14,17H2,1H3,(H,31,32). The second-order valence-corrected chi connectivity index (χ2v) is 9.37. The second-order valence-electron chi connectivity index (χ2n) is 8.96. The Bertz CT molecular complexity index is 1050. The molecule has 8 heteroatoms. The zero-order valence-electron chi connectivity index (χ0n) is 19.4. The zero-order chi connectivity index (χ0) is 24.1. The number of para-hydroxylation sites is 1. The number of benzene rings is 2. The highest BCUT2D eigenvalue weighted by Crippen LogP contribution is 2.35. The number of nitriles is 1. The fourth-order valence-electron chi connectivity index (χ4n) is 4.95. The van der Waals surface area contributed by atoms with Gasteiger partial charge < -0.3 is 24.4 Å². The van der Waals surface area contributed by atoms with Gasteiger partial charge in [0.15, 0.2) is 0 Å². The number of halogens is 1. The average molecular weight is 484 g/mol. The average Bonchev–Trinajstić information content (AvgIpc) is 2.85. The van der Waals surface area contributed by atoms with Crippen LogP contribution in [0.15, 0.2) is 36.4 Å². The molecule has 7 nitrogen and oxygen atoms in total. The molecule has 2 aliphatic rings. The molecular weight excluding hydrogens is 454 g/mol. The van der Waals surface area contributed by atoms with Crippen molar-refractivity contribution < 1.29 is 19.4 Å². The Kier molecular flexibility index (Phi) is 7.81. The van der Waals surface area contributed by atoms with Gasteiger partial charge in [0.05, 0.1) is 28.9 Å². The van der Waals surface area contributed by atoms with Crippen LogP contribution in [0.1, 0.15) is 41.6 Å². The Morgan fingerprint density at radius 1 is 1.15 bits per heavy atom. The van der Waals surface area contributed by atoms with E-state index in [0.717, 1.165) is 58.4 Å². The summed E-state index contributed by atoms with van der Waals surface area (Å²) in [7, 11) is 1.58. The molecule has 0 radical (unpaired) electrons. The Morgan fingerprint density at radius 2 is 1.88 bits per heavy atom. The molecule has 4 rings (SSSR count). The molecule has 0 aliphatic carbocycles. The van der Waals surface area contributed by atoms with Gasteiger partial charge >= 0.3 is 5.97 Å². The van der Waals surface area contributed by atoms with Crippen molar-refractivity contribution in [2.75, 3.05) is 44.7 Å². The van der Waals surface area contributed by atoms with E-state index >= 15 is 0 Å². The van der Waals surface area contributed by atoms with Gasteiger partial charge in [-0.05, 0) is 55.9 Å². The Hall–Kier alpha value is -2.95. The number of carboxylic acid groups (broad SMARTS) is 1. The summed E-state index contributed by atoms with van der Waals surface area (Å²) in [6.45, 7) is 4.69. The minimum Gasteiger partial charge on any atom is -0.495 e. The molecule has 2 aromatic rings. The number of ether oxygens (including phenoxy) is 2. The lowest BCUT2D eigenvalue weighted by molar-refractivity contribution is 0.0696. The summed E-state index contributed by atoms with van der Waals surface area (Å²) in [5, 5.41) is 19.1. The lowest BCUT2D eigenvalue weighted by Crippen LogP contribution is -2.43. The minimum atomic E-state index is -0.926. The highest BCUT2D eigenvalue weighted by Gasteiger charge is 2.28. The molecule has 0 aromatic heterocycles. The van der Waals surface area contributed by atoms with Gasteiger partial charge in [-0.3, -0.25) is 0 Å². The van der Waals surface area contributed by atoms with Gasteiger partial charge in [0.2, 0.25) is 0 Å². The summed E-state index contributed by atoms with van der Waals surface area (Å²) in [5.74, 6) is 0.995. The van der Waals surface area contributed by atoms with E-state index in [0.29, 0.717) is 39.3 Å². The van der Waals surface area contributed by atoms with E-state index in [-0.39, 0.29) is 6.10 Å². The fraction of sp³-hybridized carbons (Fsp3) is 0.462. The number of nitrogens with zero attached hydrogens (tertiary/aromatic N) is 3. The number of carboxylic acids is 1. The van der Waals surface area contributed by atoms with Crippen LogP contribution in [0.3, 0.4) is 0 Å². The molecule has 1 N–H and O–H groups in total. The molecule has 2 aromatic carbocycles. The highest BCUT2D eigenvalue weighted by molar-refractivity contribution is 6.31. The topological polar surface area (TPSA) is 86.0 Å². The maximum Gasteiger partial charge on any atom is 0.337 e. The smallest absolute Gasteiger partial charge is 0.337 e. The predicted octanol–water partition coefficient (Wildman–Crippen LogP) is 4.68. The number of anilines is 1. The number of hydrogen-bond acceptors (Lipinski definition) is 6. The number of rotatable bonds is 7. The molecule has 2 saturated heterocycles. The van der Waals surface area contributed by atoms with Gasteiger partial charge in [-0.2, -0.15) is 5.26 Å². The molecule has 0 bridgehead atoms. The molecule has 0 amide bonds. The molecule has 2 fully saturated rings. The van der Waals surface area contributed by atoms with Crippen molar-refractivity contribution in [2.24, 2.45) is 5.92 Å². The van der Waals surface area contributed by atoms with Crippen molar-refractivity contribution in [1.82, 2.24) is 4.90 Å². The lowest BCUT2D eigenvalue weighted by atomic mass is 9.94. The second kappa shape index (κ2) is 11.0. The van der Waals surface area contributed by atoms with Crippen molar-refractivity contribution >= 4 is 23.3 Å². The summed E-state index contributed by atoms with van der Waals surface area (Å²) in [6, 6.07) is 12.5. The summed E-state index contributed by atoms with van der Waals surface area (Å²) >= 11 is 6.12. The van der Waals surface area contributed by atoms with Gasteiger partial charge in [-0.1, -0.05) is 17.7 Å². The van der Waals surface area contributed by atoms with Crippen LogP contribution < -0.4 is 14.4 Å². The van der Waals surface area contributed by atoms with Crippen LogP contribution in [0.2, 0.25) is 5.02 Å². The third kappa shape index (κ3) is 5.57. The normalized spacial score (nSPS) is 17.9. The first kappa shape index (κ1) is 24.2. The van der Waals surface area contributed by atoms with Crippen LogP contribution in [0.25, 0.3) is 0 Å². The summed E-state index contributed by atoms with van der Waals surface area (Å²) < 4.78 is 11.6. The van der Waals surface area contributed by atoms with E-state index in [1.165, 1.54) is 0 Å². The fourth-order valence-corrected chi connectivity index (χ4v) is 5.16. The van der Waals surface area contributed by atoms with Crippen molar-refractivity contribution in [3.8, 4) is 17.6 Å². The maximum absolute atomic E-state index is 11.7. The molecule has 2 heterocycles. The van der Waals surface area contributed by atoms with Crippen LogP contribution in [0.5, 0.6) is 11.5 Å². The quantitative estimate of drug-likeness (QED) is 0.612. The molecule has 180 valence electrons. The van der Waals surface area contributed by atoms with Gasteiger partial charge in [0.25, 0.3) is 0 Å². The van der Waals surface area contributed by atoms with Crippen LogP contribution in [0, 0.1) is 17.2 Å². The van der Waals surface area contributed by atoms with Crippen molar-refractivity contribution in [1.29, 1.82) is 5.26 Å². The van der Waals surface area contributed by atoms with E-state index in [9.17, 15) is 9.90 Å². The molecule has 2 aliphatic heterocycles. The summed E-state index contributed by atoms with van der Waals surface area (Å²) in [4.78, 5) is 16.4. The third-order valence-electron chi connectivity index (χ3n) is 6.79. The summed E-state index contributed by atoms with van der Waals surface area (Å²) in [5.41, 5.74) is 1.44. The molecule has 34 heavy (non-hydrogen) atoms. The third-order valence-corrected chi connectivity index (χ3v) is 7.11. The monoisotopic (exact) mass is 483 g/mol. The van der Waals surface area contributed by atoms with Crippen molar-refractivity contribution in [2.45, 2.75) is 31.8 Å². The van der Waals surface area contributed by atoms with Gasteiger partial charge in [-0.15, -0.1) is 0 Å². The first-order valence-electron chi connectivity index (χ1n) is 11.7. The maximum atomic E-state index is 11.7. The lowest BCUT2D eigenvalue weighted by Gasteiger charge is -2.39. The zero-order valence-corrected chi connectivity index (χ0v) is 20.1. The Labute approximate surface area is 205 Å². The van der Waals surface area contributed by atoms with E-state index < -0.39 is 5.97 Å². The van der Waals surface area contributed by atoms with Gasteiger partial charge in [-0.25, -0.2) is 4.79 Å². The highest BCUT2D eigenvalue weighted by atomic mass is 35.5. The molecule has 0 saturated carbocycles. The number of aromatic carboxylic acids is 1. The Morgan fingerprint density at radius 3 is 2.50 bits per heavy atom. The number of likely N-dealkylation sites (tertiary alicyclic amines) is 1. The first-order valence-corrected chi connectivity index (χ1v) is 12.1. The van der Waals surface area contributed by atoms with Gasteiger partial charge in [0.1, 0.15) is 23.7 Å². The Balaban J connectivity index is 1.26. The number of carbonyl (C=O) groups is 1. The van der Waals surface area contributed by atoms with Crippen molar-refractivity contribution in [3.05, 3.63) is 52.5 Å². The van der Waals surface area contributed by atoms with Gasteiger partial charge in [0, 0.05) is 38.8 Å².